The molecular weight excluding hydrogens is 213 g/mol. The van der Waals surface area contributed by atoms with Crippen LogP contribution in [0.1, 0.15) is 20.8 Å². The lowest BCUT2D eigenvalue weighted by atomic mass is 9.30. The minimum Gasteiger partial charge on any atom is -0.403 e. The summed E-state index contributed by atoms with van der Waals surface area (Å²) in [6.07, 6.45) is 0. The molecule has 0 aromatic carbocycles. The van der Waals surface area contributed by atoms with Crippen LogP contribution in [0.25, 0.3) is 0 Å². The predicted octanol–water partition coefficient (Wildman–Crippen LogP) is -7.20. The monoisotopic (exact) mass is 239 g/mol. The van der Waals surface area contributed by atoms with Crippen LogP contribution in [0.5, 0.6) is 0 Å². The molecule has 1 saturated heterocycles. The van der Waals surface area contributed by atoms with Crippen LogP contribution in [0, 0.1) is 0 Å². The first-order valence-electron chi connectivity index (χ1n) is 7.08. The largest absolute Gasteiger partial charge is 0.403 e. The van der Waals surface area contributed by atoms with Crippen molar-refractivity contribution >= 4 is 62.8 Å². The van der Waals surface area contributed by atoms with Crippen LogP contribution in [-0.4, -0.2) is 94.7 Å². The lowest BCUT2D eigenvalue weighted by Crippen LogP contribution is -2.88. The van der Waals surface area contributed by atoms with E-state index in [2.05, 4.69) is 88.4 Å². The molecular formula is C8H25B8NO. The summed E-state index contributed by atoms with van der Waals surface area (Å²) >= 11 is 0. The molecule has 18 heavy (non-hydrogen) atoms. The van der Waals surface area contributed by atoms with Gasteiger partial charge in [-0.3, -0.25) is 0 Å². The van der Waals surface area contributed by atoms with E-state index in [1.54, 1.807) is 0 Å². The number of ether oxygens (including phenoxy) is 1. The van der Waals surface area contributed by atoms with Gasteiger partial charge < -0.3 is 9.64 Å². The Morgan fingerprint density at radius 2 is 1.00 bits per heavy atom. The molecule has 1 aliphatic rings. The highest BCUT2D eigenvalue weighted by atomic mass is 16.5. The van der Waals surface area contributed by atoms with Gasteiger partial charge in [-0.05, 0) is 31.4 Å². The van der Waals surface area contributed by atoms with Gasteiger partial charge in [0.25, 0.3) is 0 Å². The van der Waals surface area contributed by atoms with Crippen molar-refractivity contribution in [2.24, 2.45) is 0 Å². The molecule has 0 amide bonds. The van der Waals surface area contributed by atoms with Crippen molar-refractivity contribution in [3.63, 3.8) is 0 Å². The lowest BCUT2D eigenvalue weighted by Gasteiger charge is -2.72. The highest BCUT2D eigenvalue weighted by Crippen LogP contribution is 2.43. The van der Waals surface area contributed by atoms with Crippen LogP contribution in [-0.2, 0) is 4.74 Å². The zero-order chi connectivity index (χ0) is 14.8. The first-order chi connectivity index (χ1) is 7.57. The molecule has 0 N–H and O–H groups in total. The Labute approximate surface area is 120 Å². The van der Waals surface area contributed by atoms with Gasteiger partial charge in [-0.25, -0.2) is 0 Å². The molecule has 0 spiro atoms. The summed E-state index contributed by atoms with van der Waals surface area (Å²) < 4.78 is 6.48. The summed E-state index contributed by atoms with van der Waals surface area (Å²) in [6, 6.07) is 0. The van der Waals surface area contributed by atoms with Crippen molar-refractivity contribution in [1.29, 1.82) is 0 Å². The predicted molar refractivity (Wildman–Crippen MR) is 102 cm³/mol. The maximum atomic E-state index is 6.48. The van der Waals surface area contributed by atoms with Crippen molar-refractivity contribution in [3.8, 4) is 0 Å². The van der Waals surface area contributed by atoms with E-state index < -0.39 is 0 Å². The van der Waals surface area contributed by atoms with E-state index in [0.29, 0.717) is 0 Å². The normalized spacial score (nSPS) is 29.7. The van der Waals surface area contributed by atoms with E-state index >= 15 is 0 Å². The second-order valence-corrected chi connectivity index (χ2v) is 8.75. The van der Waals surface area contributed by atoms with Crippen LogP contribution >= 0.6 is 0 Å². The fraction of sp³-hybridized carbons (Fsp3) is 1.00. The van der Waals surface area contributed by atoms with E-state index in [4.69, 9.17) is 4.74 Å². The average molecular weight is 238 g/mol. The van der Waals surface area contributed by atoms with Crippen molar-refractivity contribution in [2.45, 2.75) is 47.8 Å². The van der Waals surface area contributed by atoms with Gasteiger partial charge in [0.2, 0.25) is 0 Å². The standard InChI is InChI=1S/C8H25B8NO/c1-4(2,3)17-5(9,10)7(13,14)18-8(15,16)6(17,11)12/h9-16H2,1-3H3. The number of hydrogen-bond donors (Lipinski definition) is 0. The van der Waals surface area contributed by atoms with Gasteiger partial charge in [0.15, 0.2) is 0 Å². The maximum Gasteiger partial charge on any atom is 0.132 e. The van der Waals surface area contributed by atoms with Gasteiger partial charge >= 0.3 is 0 Å². The molecule has 0 aliphatic carbocycles. The molecule has 0 atom stereocenters. The smallest absolute Gasteiger partial charge is 0.132 e. The molecule has 1 heterocycles. The number of rotatable bonds is 0. The van der Waals surface area contributed by atoms with Gasteiger partial charge in [-0.15, -0.1) is 0 Å². The van der Waals surface area contributed by atoms with Crippen LogP contribution in [0.2, 0.25) is 0 Å². The number of hydrogen-bond acceptors (Lipinski definition) is 2. The summed E-state index contributed by atoms with van der Waals surface area (Å²) in [5.41, 5.74) is 0.103. The van der Waals surface area contributed by atoms with Crippen molar-refractivity contribution < 1.29 is 4.74 Å². The molecule has 10 heteroatoms. The van der Waals surface area contributed by atoms with Gasteiger partial charge in [0.05, 0.1) is 0 Å². The molecule has 0 unspecified atom stereocenters. The molecule has 0 bridgehead atoms. The van der Waals surface area contributed by atoms with Crippen LogP contribution < -0.4 is 0 Å². The second kappa shape index (κ2) is 3.97. The van der Waals surface area contributed by atoms with Crippen LogP contribution in [0.4, 0.5) is 0 Å². The fourth-order valence-corrected chi connectivity index (χ4v) is 3.80. The SMILES string of the molecule is BC1(B)OC(B)(B)C(B)(B)N(C(C)(C)C)C1(B)B. The molecule has 1 rings (SSSR count). The second-order valence-electron chi connectivity index (χ2n) is 8.75. The molecule has 1 aliphatic heterocycles. The first kappa shape index (κ1) is 16.5. The van der Waals surface area contributed by atoms with E-state index in [-0.39, 0.29) is 27.0 Å². The Morgan fingerprint density at radius 1 is 0.722 bits per heavy atom. The van der Waals surface area contributed by atoms with E-state index in [1.165, 1.54) is 0 Å². The third-order valence-corrected chi connectivity index (χ3v) is 5.25. The van der Waals surface area contributed by atoms with Crippen LogP contribution in [0.15, 0.2) is 0 Å². The fourth-order valence-electron chi connectivity index (χ4n) is 3.80. The lowest BCUT2D eigenvalue weighted by molar-refractivity contribution is -0.140. The van der Waals surface area contributed by atoms with Crippen molar-refractivity contribution in [1.82, 2.24) is 4.90 Å². The van der Waals surface area contributed by atoms with Crippen LogP contribution in [0.3, 0.4) is 0 Å². The Bertz CT molecular complexity index is 321. The van der Waals surface area contributed by atoms with Crippen molar-refractivity contribution in [2.75, 3.05) is 0 Å². The average Bonchev–Trinajstić information content (AvgIpc) is 1.93. The number of morpholine rings is 1. The highest BCUT2D eigenvalue weighted by Gasteiger charge is 2.60. The topological polar surface area (TPSA) is 12.5 Å². The summed E-state index contributed by atoms with van der Waals surface area (Å²) in [7, 11) is 18.0. The van der Waals surface area contributed by atoms with E-state index in [0.717, 1.165) is 0 Å². The van der Waals surface area contributed by atoms with Gasteiger partial charge in [0.1, 0.15) is 62.8 Å². The van der Waals surface area contributed by atoms with Gasteiger partial charge in [-0.1, -0.05) is 0 Å². The summed E-state index contributed by atoms with van der Waals surface area (Å²) in [4.78, 5) is 2.64. The quantitative estimate of drug-likeness (QED) is 0.389. The Hall–Kier alpha value is 0.439. The minimum absolute atomic E-state index is 0.0235. The molecule has 0 aromatic rings. The molecule has 2 nitrogen and oxygen atoms in total. The zero-order valence-corrected chi connectivity index (χ0v) is 14.4. The zero-order valence-electron chi connectivity index (χ0n) is 14.4. The summed E-state index contributed by atoms with van der Waals surface area (Å²) in [5.74, 6) is 0. The van der Waals surface area contributed by atoms with Gasteiger partial charge in [0, 0.05) is 16.3 Å². The summed E-state index contributed by atoms with van der Waals surface area (Å²) in [6.45, 7) is 6.90. The van der Waals surface area contributed by atoms with E-state index in [9.17, 15) is 0 Å². The number of nitrogens with zero attached hydrogens (tertiary/aromatic N) is 1. The molecule has 0 radical (unpaired) electrons. The third kappa shape index (κ3) is 2.18. The van der Waals surface area contributed by atoms with E-state index in [1.807, 2.05) is 0 Å². The highest BCUT2D eigenvalue weighted by molar-refractivity contribution is 6.59. The Balaban J connectivity index is 3.48. The van der Waals surface area contributed by atoms with Gasteiger partial charge in [-0.2, -0.15) is 0 Å². The molecule has 92 valence electrons. The third-order valence-electron chi connectivity index (χ3n) is 5.25. The summed E-state index contributed by atoms with van der Waals surface area (Å²) in [5, 5.41) is -0.410. The molecule has 0 saturated carbocycles. The molecule has 0 aromatic heterocycles. The Morgan fingerprint density at radius 3 is 1.22 bits per heavy atom. The minimum atomic E-state index is -0.181. The Kier molecular flexibility index (Phi) is 3.64. The molecule has 1 fully saturated rings. The first-order valence-corrected chi connectivity index (χ1v) is 7.08. The maximum absolute atomic E-state index is 6.48. The van der Waals surface area contributed by atoms with Crippen molar-refractivity contribution in [3.05, 3.63) is 0 Å².